The number of alkyl halides is 1. The van der Waals surface area contributed by atoms with Crippen molar-refractivity contribution in [3.8, 4) is 0 Å². The minimum absolute atomic E-state index is 0.543. The highest BCUT2D eigenvalue weighted by atomic mass is 79.9. The number of nitrogens with zero attached hydrogens (tertiary/aromatic N) is 2. The lowest BCUT2D eigenvalue weighted by Crippen LogP contribution is -2.06. The normalized spacial score (nSPS) is 12.9. The first-order valence-corrected chi connectivity index (χ1v) is 5.98. The number of halogens is 1. The van der Waals surface area contributed by atoms with Crippen molar-refractivity contribution in [2.75, 3.05) is 0 Å². The standard InChI is InChI=1S/C11H17BrN2/c1-4-5-10(12)7-11-6-8(2)13-9(3)14-11/h6,10H,4-5,7H2,1-3H3. The largest absolute Gasteiger partial charge is 0.239 e. The zero-order valence-corrected chi connectivity index (χ0v) is 10.6. The molecule has 1 aromatic rings. The second kappa shape index (κ2) is 5.44. The molecule has 0 radical (unpaired) electrons. The van der Waals surface area contributed by atoms with Gasteiger partial charge < -0.3 is 0 Å². The molecule has 0 saturated heterocycles. The van der Waals surface area contributed by atoms with Crippen LogP contribution in [0.15, 0.2) is 6.07 Å². The van der Waals surface area contributed by atoms with Crippen molar-refractivity contribution in [3.05, 3.63) is 23.3 Å². The van der Waals surface area contributed by atoms with Crippen LogP contribution in [0.4, 0.5) is 0 Å². The van der Waals surface area contributed by atoms with E-state index in [1.54, 1.807) is 0 Å². The van der Waals surface area contributed by atoms with E-state index in [1.165, 1.54) is 12.8 Å². The molecule has 0 aliphatic rings. The molecule has 0 amide bonds. The maximum absolute atomic E-state index is 4.42. The third kappa shape index (κ3) is 3.74. The van der Waals surface area contributed by atoms with Gasteiger partial charge in [0.05, 0.1) is 0 Å². The predicted molar refractivity (Wildman–Crippen MR) is 62.8 cm³/mol. The maximum Gasteiger partial charge on any atom is 0.125 e. The van der Waals surface area contributed by atoms with E-state index >= 15 is 0 Å². The van der Waals surface area contributed by atoms with E-state index in [2.05, 4.69) is 38.9 Å². The van der Waals surface area contributed by atoms with E-state index in [0.717, 1.165) is 23.6 Å². The molecule has 1 heterocycles. The number of aromatic nitrogens is 2. The third-order valence-corrected chi connectivity index (χ3v) is 2.83. The smallest absolute Gasteiger partial charge is 0.125 e. The van der Waals surface area contributed by atoms with Gasteiger partial charge in [-0.1, -0.05) is 29.3 Å². The minimum atomic E-state index is 0.543. The van der Waals surface area contributed by atoms with Crippen molar-refractivity contribution < 1.29 is 0 Å². The SMILES string of the molecule is CCCC(Br)Cc1cc(C)nc(C)n1. The second-order valence-electron chi connectivity index (χ2n) is 3.64. The van der Waals surface area contributed by atoms with Gasteiger partial charge in [0.2, 0.25) is 0 Å². The Balaban J connectivity index is 2.66. The van der Waals surface area contributed by atoms with Gasteiger partial charge in [-0.05, 0) is 26.3 Å². The van der Waals surface area contributed by atoms with Crippen LogP contribution in [0, 0.1) is 13.8 Å². The Morgan fingerprint density at radius 3 is 2.64 bits per heavy atom. The van der Waals surface area contributed by atoms with Crippen molar-refractivity contribution in [1.29, 1.82) is 0 Å². The zero-order chi connectivity index (χ0) is 10.6. The summed E-state index contributed by atoms with van der Waals surface area (Å²) >= 11 is 3.66. The molecule has 0 saturated carbocycles. The van der Waals surface area contributed by atoms with Crippen molar-refractivity contribution >= 4 is 15.9 Å². The highest BCUT2D eigenvalue weighted by Crippen LogP contribution is 2.14. The molecule has 0 aliphatic carbocycles. The Kier molecular flexibility index (Phi) is 4.52. The van der Waals surface area contributed by atoms with Crippen molar-refractivity contribution in [3.63, 3.8) is 0 Å². The summed E-state index contributed by atoms with van der Waals surface area (Å²) in [7, 11) is 0. The quantitative estimate of drug-likeness (QED) is 0.774. The first kappa shape index (κ1) is 11.6. The molecule has 3 heteroatoms. The summed E-state index contributed by atoms with van der Waals surface area (Å²) in [6, 6.07) is 2.07. The van der Waals surface area contributed by atoms with Gasteiger partial charge in [-0.3, -0.25) is 0 Å². The van der Waals surface area contributed by atoms with Gasteiger partial charge in [0.15, 0.2) is 0 Å². The summed E-state index contributed by atoms with van der Waals surface area (Å²) < 4.78 is 0. The molecule has 1 atom stereocenters. The lowest BCUT2D eigenvalue weighted by molar-refractivity contribution is 0.728. The first-order valence-electron chi connectivity index (χ1n) is 5.07. The molecule has 2 nitrogen and oxygen atoms in total. The van der Waals surface area contributed by atoms with Crippen LogP contribution in [0.2, 0.25) is 0 Å². The Labute approximate surface area is 94.3 Å². The van der Waals surface area contributed by atoms with Crippen molar-refractivity contribution in [1.82, 2.24) is 9.97 Å². The van der Waals surface area contributed by atoms with Gasteiger partial charge in [-0.2, -0.15) is 0 Å². The highest BCUT2D eigenvalue weighted by Gasteiger charge is 2.06. The summed E-state index contributed by atoms with van der Waals surface area (Å²) in [5, 5.41) is 0. The minimum Gasteiger partial charge on any atom is -0.239 e. The lowest BCUT2D eigenvalue weighted by atomic mass is 10.1. The molecule has 78 valence electrons. The van der Waals surface area contributed by atoms with E-state index < -0.39 is 0 Å². The molecular weight excluding hydrogens is 240 g/mol. The van der Waals surface area contributed by atoms with Crippen LogP contribution in [0.25, 0.3) is 0 Å². The van der Waals surface area contributed by atoms with Gasteiger partial charge in [0.25, 0.3) is 0 Å². The molecule has 0 N–H and O–H groups in total. The van der Waals surface area contributed by atoms with Crippen molar-refractivity contribution in [2.24, 2.45) is 0 Å². The Morgan fingerprint density at radius 1 is 1.36 bits per heavy atom. The monoisotopic (exact) mass is 256 g/mol. The molecule has 1 aromatic heterocycles. The van der Waals surface area contributed by atoms with Crippen LogP contribution in [0.5, 0.6) is 0 Å². The lowest BCUT2D eigenvalue weighted by Gasteiger charge is -2.08. The zero-order valence-electron chi connectivity index (χ0n) is 9.05. The van der Waals surface area contributed by atoms with Gasteiger partial charge in [-0.25, -0.2) is 9.97 Å². The van der Waals surface area contributed by atoms with Crippen LogP contribution >= 0.6 is 15.9 Å². The predicted octanol–water partition coefficient (Wildman–Crippen LogP) is 3.20. The molecule has 0 bridgehead atoms. The second-order valence-corrected chi connectivity index (χ2v) is 4.93. The summed E-state index contributed by atoms with van der Waals surface area (Å²) in [5.74, 6) is 0.871. The molecule has 1 rings (SSSR count). The van der Waals surface area contributed by atoms with Crippen LogP contribution in [-0.2, 0) is 6.42 Å². The fraction of sp³-hybridized carbons (Fsp3) is 0.636. The van der Waals surface area contributed by atoms with Gasteiger partial charge in [0, 0.05) is 22.6 Å². The Hall–Kier alpha value is -0.440. The van der Waals surface area contributed by atoms with Crippen LogP contribution in [-0.4, -0.2) is 14.8 Å². The molecule has 0 spiro atoms. The van der Waals surface area contributed by atoms with Gasteiger partial charge in [0.1, 0.15) is 5.82 Å². The highest BCUT2D eigenvalue weighted by molar-refractivity contribution is 9.09. The van der Waals surface area contributed by atoms with E-state index in [-0.39, 0.29) is 0 Å². The van der Waals surface area contributed by atoms with E-state index in [4.69, 9.17) is 0 Å². The van der Waals surface area contributed by atoms with Crippen LogP contribution in [0.1, 0.15) is 37.0 Å². The number of aryl methyl sites for hydroxylation is 2. The van der Waals surface area contributed by atoms with Crippen LogP contribution in [0.3, 0.4) is 0 Å². The van der Waals surface area contributed by atoms with E-state index in [9.17, 15) is 0 Å². The van der Waals surface area contributed by atoms with Gasteiger partial charge >= 0.3 is 0 Å². The Bertz CT molecular complexity index is 279. The average Bonchev–Trinajstić information content (AvgIpc) is 2.01. The fourth-order valence-corrected chi connectivity index (χ4v) is 2.33. The Morgan fingerprint density at radius 2 is 2.07 bits per heavy atom. The maximum atomic E-state index is 4.42. The third-order valence-electron chi connectivity index (χ3n) is 2.05. The van der Waals surface area contributed by atoms with Gasteiger partial charge in [-0.15, -0.1) is 0 Å². The van der Waals surface area contributed by atoms with E-state index in [0.29, 0.717) is 4.83 Å². The first-order chi connectivity index (χ1) is 6.61. The summed E-state index contributed by atoms with van der Waals surface area (Å²) in [6.45, 7) is 6.16. The van der Waals surface area contributed by atoms with Crippen LogP contribution < -0.4 is 0 Å². The van der Waals surface area contributed by atoms with E-state index in [1.807, 2.05) is 13.8 Å². The molecular formula is C11H17BrN2. The van der Waals surface area contributed by atoms with Crippen molar-refractivity contribution in [2.45, 2.75) is 44.9 Å². The molecule has 14 heavy (non-hydrogen) atoms. The summed E-state index contributed by atoms with van der Waals surface area (Å²) in [5.41, 5.74) is 2.20. The summed E-state index contributed by atoms with van der Waals surface area (Å²) in [4.78, 5) is 9.22. The summed E-state index contributed by atoms with van der Waals surface area (Å²) in [6.07, 6.45) is 3.40. The molecule has 0 aliphatic heterocycles. The fourth-order valence-electron chi connectivity index (χ4n) is 1.54. The topological polar surface area (TPSA) is 25.8 Å². The average molecular weight is 257 g/mol. The number of rotatable bonds is 4. The number of hydrogen-bond acceptors (Lipinski definition) is 2. The molecule has 1 unspecified atom stereocenters. The molecule has 0 fully saturated rings. The molecule has 0 aromatic carbocycles. The number of hydrogen-bond donors (Lipinski definition) is 0.